The third kappa shape index (κ3) is 2.77. The molecule has 0 spiro atoms. The molecule has 0 radical (unpaired) electrons. The number of carbonyl (C=O) groups is 2. The van der Waals surface area contributed by atoms with Crippen molar-refractivity contribution < 1.29 is 24.2 Å². The van der Waals surface area contributed by atoms with Gasteiger partial charge in [-0.15, -0.1) is 0 Å². The lowest BCUT2D eigenvalue weighted by atomic mass is 9.98. The fourth-order valence-corrected chi connectivity index (χ4v) is 1.30. The molecule has 0 aliphatic heterocycles. The molecule has 1 unspecified atom stereocenters. The van der Waals surface area contributed by atoms with Crippen molar-refractivity contribution in [1.29, 1.82) is 0 Å². The number of hydrogen-bond donors (Lipinski definition) is 3. The van der Waals surface area contributed by atoms with E-state index >= 15 is 0 Å². The van der Waals surface area contributed by atoms with Crippen molar-refractivity contribution in [1.82, 2.24) is 5.32 Å². The quantitative estimate of drug-likeness (QED) is 0.761. The van der Waals surface area contributed by atoms with Gasteiger partial charge in [0.1, 0.15) is 17.1 Å². The largest absolute Gasteiger partial charge is 0.508 e. The van der Waals surface area contributed by atoms with E-state index in [4.69, 9.17) is 10.2 Å². The van der Waals surface area contributed by atoms with Gasteiger partial charge in [0, 0.05) is 6.07 Å². The molecule has 1 aromatic carbocycles. The number of aliphatic carboxylic acids is 1. The standard InChI is InChI=1S/C12H14FNO4/c1-3-12(2,11(17)18)14-10(16)8-5-4-7(15)6-9(8)13/h4-6,15H,3H2,1-2H3,(H,14,16)(H,17,18). The van der Waals surface area contributed by atoms with Gasteiger partial charge in [-0.1, -0.05) is 6.92 Å². The zero-order chi connectivity index (χ0) is 13.9. The van der Waals surface area contributed by atoms with E-state index in [2.05, 4.69) is 5.32 Å². The SMILES string of the molecule is CCC(C)(NC(=O)c1ccc(O)cc1F)C(=O)O. The summed E-state index contributed by atoms with van der Waals surface area (Å²) in [5.74, 6) is -3.24. The number of hydrogen-bond acceptors (Lipinski definition) is 3. The number of aromatic hydroxyl groups is 1. The summed E-state index contributed by atoms with van der Waals surface area (Å²) in [6.45, 7) is 2.94. The predicted octanol–water partition coefficient (Wildman–Crippen LogP) is 1.51. The summed E-state index contributed by atoms with van der Waals surface area (Å²) < 4.78 is 13.4. The molecule has 6 heteroatoms. The van der Waals surface area contributed by atoms with Crippen molar-refractivity contribution in [2.24, 2.45) is 0 Å². The molecule has 98 valence electrons. The number of phenols is 1. The van der Waals surface area contributed by atoms with Crippen LogP contribution in [0.4, 0.5) is 4.39 Å². The third-order valence-corrected chi connectivity index (χ3v) is 2.77. The van der Waals surface area contributed by atoms with Gasteiger partial charge in [-0.3, -0.25) is 4.79 Å². The first-order valence-electron chi connectivity index (χ1n) is 5.34. The lowest BCUT2D eigenvalue weighted by Gasteiger charge is -2.24. The Hall–Kier alpha value is -2.11. The second-order valence-electron chi connectivity index (χ2n) is 4.11. The molecular formula is C12H14FNO4. The minimum absolute atomic E-state index is 0.160. The monoisotopic (exact) mass is 255 g/mol. The Labute approximate surface area is 103 Å². The molecule has 0 aliphatic rings. The van der Waals surface area contributed by atoms with Gasteiger partial charge in [-0.2, -0.15) is 0 Å². The van der Waals surface area contributed by atoms with Crippen molar-refractivity contribution in [3.63, 3.8) is 0 Å². The highest BCUT2D eigenvalue weighted by molar-refractivity contribution is 5.98. The number of phenolic OH excluding ortho intramolecular Hbond substituents is 1. The number of carboxylic acids is 1. The average Bonchev–Trinajstić information content (AvgIpc) is 2.28. The summed E-state index contributed by atoms with van der Waals surface area (Å²) >= 11 is 0. The lowest BCUT2D eigenvalue weighted by Crippen LogP contribution is -2.51. The highest BCUT2D eigenvalue weighted by atomic mass is 19.1. The molecule has 0 saturated carbocycles. The minimum Gasteiger partial charge on any atom is -0.508 e. The van der Waals surface area contributed by atoms with E-state index in [1.54, 1.807) is 6.92 Å². The molecule has 3 N–H and O–H groups in total. The highest BCUT2D eigenvalue weighted by Gasteiger charge is 2.33. The topological polar surface area (TPSA) is 86.6 Å². The fraction of sp³-hybridized carbons (Fsp3) is 0.333. The Morgan fingerprint density at radius 1 is 1.44 bits per heavy atom. The molecule has 1 amide bonds. The second kappa shape index (κ2) is 5.03. The van der Waals surface area contributed by atoms with Crippen LogP contribution in [0, 0.1) is 5.82 Å². The third-order valence-electron chi connectivity index (χ3n) is 2.77. The Kier molecular flexibility index (Phi) is 3.90. The van der Waals surface area contributed by atoms with Gasteiger partial charge in [0.15, 0.2) is 0 Å². The number of carbonyl (C=O) groups excluding carboxylic acids is 1. The van der Waals surface area contributed by atoms with Crippen molar-refractivity contribution in [3.8, 4) is 5.75 Å². The normalized spacial score (nSPS) is 13.7. The Morgan fingerprint density at radius 2 is 2.06 bits per heavy atom. The zero-order valence-electron chi connectivity index (χ0n) is 10.0. The van der Waals surface area contributed by atoms with Crippen molar-refractivity contribution in [3.05, 3.63) is 29.6 Å². The van der Waals surface area contributed by atoms with Crippen LogP contribution in [0.25, 0.3) is 0 Å². The molecule has 0 aliphatic carbocycles. The van der Waals surface area contributed by atoms with Crippen LogP contribution >= 0.6 is 0 Å². The van der Waals surface area contributed by atoms with Crippen LogP contribution in [0.2, 0.25) is 0 Å². The fourth-order valence-electron chi connectivity index (χ4n) is 1.30. The van der Waals surface area contributed by atoms with Gasteiger partial charge < -0.3 is 15.5 Å². The van der Waals surface area contributed by atoms with Gasteiger partial charge >= 0.3 is 5.97 Å². The molecule has 0 bridgehead atoms. The summed E-state index contributed by atoms with van der Waals surface area (Å²) in [6.07, 6.45) is 0.160. The molecule has 5 nitrogen and oxygen atoms in total. The zero-order valence-corrected chi connectivity index (χ0v) is 10.0. The Balaban J connectivity index is 2.98. The van der Waals surface area contributed by atoms with Crippen LogP contribution in [-0.4, -0.2) is 27.6 Å². The first-order valence-corrected chi connectivity index (χ1v) is 5.34. The molecular weight excluding hydrogens is 241 g/mol. The Bertz CT molecular complexity index is 489. The van der Waals surface area contributed by atoms with Crippen LogP contribution in [-0.2, 0) is 4.79 Å². The summed E-state index contributed by atoms with van der Waals surface area (Å²) in [6, 6.07) is 3.04. The second-order valence-corrected chi connectivity index (χ2v) is 4.11. The number of carboxylic acid groups (broad SMARTS) is 1. The van der Waals surface area contributed by atoms with Crippen molar-refractivity contribution >= 4 is 11.9 Å². The molecule has 0 heterocycles. The molecule has 1 atom stereocenters. The molecule has 0 aromatic heterocycles. The minimum atomic E-state index is -1.46. The van der Waals surface area contributed by atoms with Crippen LogP contribution < -0.4 is 5.32 Å². The number of nitrogens with one attached hydrogen (secondary N) is 1. The van der Waals surface area contributed by atoms with Crippen LogP contribution in [0.1, 0.15) is 30.6 Å². The smallest absolute Gasteiger partial charge is 0.329 e. The summed E-state index contributed by atoms with van der Waals surface area (Å²) in [7, 11) is 0. The molecule has 0 saturated heterocycles. The molecule has 18 heavy (non-hydrogen) atoms. The van der Waals surface area contributed by atoms with Gasteiger partial charge in [0.25, 0.3) is 5.91 Å². The summed E-state index contributed by atoms with van der Waals surface area (Å²) in [4.78, 5) is 22.8. The lowest BCUT2D eigenvalue weighted by molar-refractivity contribution is -0.143. The van der Waals surface area contributed by atoms with E-state index in [-0.39, 0.29) is 17.7 Å². The first-order chi connectivity index (χ1) is 8.30. The van der Waals surface area contributed by atoms with Crippen LogP contribution in [0.15, 0.2) is 18.2 Å². The molecule has 1 rings (SSSR count). The van der Waals surface area contributed by atoms with Gasteiger partial charge in [-0.05, 0) is 25.5 Å². The highest BCUT2D eigenvalue weighted by Crippen LogP contribution is 2.17. The van der Waals surface area contributed by atoms with Gasteiger partial charge in [0.05, 0.1) is 5.56 Å². The molecule has 1 aromatic rings. The first kappa shape index (κ1) is 14.0. The summed E-state index contributed by atoms with van der Waals surface area (Å²) in [5.41, 5.74) is -1.77. The predicted molar refractivity (Wildman–Crippen MR) is 61.9 cm³/mol. The number of rotatable bonds is 4. The van der Waals surface area contributed by atoms with E-state index in [1.165, 1.54) is 6.92 Å². The maximum Gasteiger partial charge on any atom is 0.329 e. The van der Waals surface area contributed by atoms with Crippen molar-refractivity contribution in [2.75, 3.05) is 0 Å². The van der Waals surface area contributed by atoms with Crippen LogP contribution in [0.3, 0.4) is 0 Å². The maximum absolute atomic E-state index is 13.4. The summed E-state index contributed by atoms with van der Waals surface area (Å²) in [5, 5.41) is 20.3. The van der Waals surface area contributed by atoms with Gasteiger partial charge in [-0.25, -0.2) is 9.18 Å². The van der Waals surface area contributed by atoms with Crippen LogP contribution in [0.5, 0.6) is 5.75 Å². The number of amides is 1. The Morgan fingerprint density at radius 3 is 2.50 bits per heavy atom. The van der Waals surface area contributed by atoms with E-state index in [0.717, 1.165) is 18.2 Å². The van der Waals surface area contributed by atoms with Gasteiger partial charge in [0.2, 0.25) is 0 Å². The molecule has 0 fully saturated rings. The van der Waals surface area contributed by atoms with E-state index < -0.39 is 23.2 Å². The van der Waals surface area contributed by atoms with Crippen molar-refractivity contribution in [2.45, 2.75) is 25.8 Å². The maximum atomic E-state index is 13.4. The van der Waals surface area contributed by atoms with E-state index in [9.17, 15) is 14.0 Å². The average molecular weight is 255 g/mol. The van der Waals surface area contributed by atoms with E-state index in [1.807, 2.05) is 0 Å². The number of halogens is 1. The number of benzene rings is 1. The van der Waals surface area contributed by atoms with E-state index in [0.29, 0.717) is 0 Å².